The largest absolute Gasteiger partial charge is 0.352 e. The third kappa shape index (κ3) is 3.31. The topological polar surface area (TPSA) is 19.0 Å². The van der Waals surface area contributed by atoms with E-state index in [0.29, 0.717) is 10.9 Å². The fourth-order valence-electron chi connectivity index (χ4n) is 3.84. The van der Waals surface area contributed by atoms with Gasteiger partial charge in [-0.05, 0) is 49.5 Å². The van der Waals surface area contributed by atoms with Gasteiger partial charge in [-0.15, -0.1) is 0 Å². The Labute approximate surface area is 146 Å². The first-order valence-corrected chi connectivity index (χ1v) is 9.00. The summed E-state index contributed by atoms with van der Waals surface area (Å²) in [5.74, 6) is -1.06. The highest BCUT2D eigenvalue weighted by atomic mass is 19.1. The van der Waals surface area contributed by atoms with E-state index in [1.54, 1.807) is 0 Å². The number of fused-ring (bicyclic) bond motifs is 1. The maximum atomic E-state index is 14.3. The van der Waals surface area contributed by atoms with Crippen LogP contribution >= 0.6 is 0 Å². The quantitative estimate of drug-likeness (QED) is 0.696. The Morgan fingerprint density at radius 2 is 1.72 bits per heavy atom. The van der Waals surface area contributed by atoms with E-state index in [0.717, 1.165) is 48.9 Å². The monoisotopic (exact) mass is 340 g/mol. The summed E-state index contributed by atoms with van der Waals surface area (Å²) >= 11 is 0. The molecule has 4 heteroatoms. The van der Waals surface area contributed by atoms with Crippen molar-refractivity contribution in [1.29, 1.82) is 0 Å². The number of aromatic amines is 1. The van der Waals surface area contributed by atoms with Crippen molar-refractivity contribution in [2.75, 3.05) is 19.6 Å². The zero-order chi connectivity index (χ0) is 17.2. The Balaban J connectivity index is 1.76. The summed E-state index contributed by atoms with van der Waals surface area (Å²) in [5.41, 5.74) is 3.31. The predicted octanol–water partition coefficient (Wildman–Crippen LogP) is 5.14. The van der Waals surface area contributed by atoms with Crippen LogP contribution in [0.1, 0.15) is 24.8 Å². The number of rotatable bonds is 4. The second kappa shape index (κ2) is 6.96. The third-order valence-electron chi connectivity index (χ3n) is 5.12. The summed E-state index contributed by atoms with van der Waals surface area (Å²) in [6, 6.07) is 12.3. The fraction of sp³-hybridized carbons (Fsp3) is 0.333. The first-order chi connectivity index (χ1) is 12.2. The normalized spacial score (nSPS) is 15.8. The Kier molecular flexibility index (Phi) is 4.53. The number of piperidine rings is 1. The zero-order valence-corrected chi connectivity index (χ0v) is 14.2. The SMILES string of the molecule is Fc1cc(F)c2[nH]c(-c3ccccc3)c(CCN3CCCCC3)c2c1. The highest BCUT2D eigenvalue weighted by Gasteiger charge is 2.18. The highest BCUT2D eigenvalue weighted by molar-refractivity contribution is 5.91. The van der Waals surface area contributed by atoms with Crippen molar-refractivity contribution in [2.45, 2.75) is 25.7 Å². The smallest absolute Gasteiger partial charge is 0.150 e. The summed E-state index contributed by atoms with van der Waals surface area (Å²) < 4.78 is 28.1. The molecule has 0 unspecified atom stereocenters. The number of likely N-dealkylation sites (tertiary alicyclic amines) is 1. The second-order valence-corrected chi connectivity index (χ2v) is 6.81. The van der Waals surface area contributed by atoms with E-state index in [4.69, 9.17) is 0 Å². The molecule has 1 aromatic heterocycles. The van der Waals surface area contributed by atoms with Gasteiger partial charge in [-0.1, -0.05) is 36.8 Å². The minimum Gasteiger partial charge on any atom is -0.352 e. The van der Waals surface area contributed by atoms with Gasteiger partial charge in [-0.3, -0.25) is 0 Å². The average Bonchev–Trinajstić information content (AvgIpc) is 3.00. The molecule has 0 saturated carbocycles. The molecule has 2 heterocycles. The third-order valence-corrected chi connectivity index (χ3v) is 5.12. The van der Waals surface area contributed by atoms with Crippen LogP contribution in [-0.4, -0.2) is 29.5 Å². The first-order valence-electron chi connectivity index (χ1n) is 9.00. The number of nitrogens with zero attached hydrogens (tertiary/aromatic N) is 1. The predicted molar refractivity (Wildman–Crippen MR) is 97.6 cm³/mol. The Morgan fingerprint density at radius 1 is 0.960 bits per heavy atom. The van der Waals surface area contributed by atoms with Gasteiger partial charge < -0.3 is 9.88 Å². The molecule has 0 amide bonds. The molecule has 0 radical (unpaired) electrons. The number of hydrogen-bond acceptors (Lipinski definition) is 1. The molecular weight excluding hydrogens is 318 g/mol. The molecule has 0 atom stereocenters. The van der Waals surface area contributed by atoms with Gasteiger partial charge in [-0.2, -0.15) is 0 Å². The maximum Gasteiger partial charge on any atom is 0.150 e. The van der Waals surface area contributed by atoms with Gasteiger partial charge in [0.25, 0.3) is 0 Å². The molecule has 2 nitrogen and oxygen atoms in total. The van der Waals surface area contributed by atoms with E-state index in [-0.39, 0.29) is 0 Å². The molecule has 0 aliphatic carbocycles. The van der Waals surface area contributed by atoms with Crippen LogP contribution in [0.3, 0.4) is 0 Å². The van der Waals surface area contributed by atoms with Gasteiger partial charge >= 0.3 is 0 Å². The number of H-pyrrole nitrogens is 1. The van der Waals surface area contributed by atoms with Crippen LogP contribution in [0.2, 0.25) is 0 Å². The minimum absolute atomic E-state index is 0.397. The number of nitrogens with one attached hydrogen (secondary N) is 1. The lowest BCUT2D eigenvalue weighted by molar-refractivity contribution is 0.232. The van der Waals surface area contributed by atoms with Gasteiger partial charge in [-0.25, -0.2) is 8.78 Å². The van der Waals surface area contributed by atoms with Gasteiger partial charge in [0.2, 0.25) is 0 Å². The van der Waals surface area contributed by atoms with E-state index >= 15 is 0 Å². The molecule has 3 aromatic rings. The van der Waals surface area contributed by atoms with Crippen molar-refractivity contribution >= 4 is 10.9 Å². The molecule has 0 spiro atoms. The molecule has 4 rings (SSSR count). The minimum atomic E-state index is -0.531. The van der Waals surface area contributed by atoms with Crippen LogP contribution in [0.4, 0.5) is 8.78 Å². The maximum absolute atomic E-state index is 14.3. The van der Waals surface area contributed by atoms with Crippen molar-refractivity contribution in [3.63, 3.8) is 0 Å². The van der Waals surface area contributed by atoms with Crippen LogP contribution in [0.5, 0.6) is 0 Å². The van der Waals surface area contributed by atoms with E-state index in [1.165, 1.54) is 25.3 Å². The van der Waals surface area contributed by atoms with E-state index < -0.39 is 11.6 Å². The summed E-state index contributed by atoms with van der Waals surface area (Å²) in [6.07, 6.45) is 4.56. The molecule has 1 aliphatic heterocycles. The Bertz CT molecular complexity index is 864. The van der Waals surface area contributed by atoms with Crippen LogP contribution in [-0.2, 0) is 6.42 Å². The molecule has 25 heavy (non-hydrogen) atoms. The highest BCUT2D eigenvalue weighted by Crippen LogP contribution is 2.33. The van der Waals surface area contributed by atoms with Gasteiger partial charge in [0.05, 0.1) is 5.52 Å². The molecule has 1 saturated heterocycles. The lowest BCUT2D eigenvalue weighted by atomic mass is 10.0. The van der Waals surface area contributed by atoms with Crippen LogP contribution in [0.25, 0.3) is 22.2 Å². The molecule has 2 aromatic carbocycles. The van der Waals surface area contributed by atoms with Crippen LogP contribution in [0.15, 0.2) is 42.5 Å². The van der Waals surface area contributed by atoms with Gasteiger partial charge in [0.1, 0.15) is 11.6 Å². The van der Waals surface area contributed by atoms with E-state index in [1.807, 2.05) is 30.3 Å². The molecule has 0 bridgehead atoms. The molecular formula is C21H22F2N2. The molecule has 1 N–H and O–H groups in total. The zero-order valence-electron chi connectivity index (χ0n) is 14.2. The van der Waals surface area contributed by atoms with Gasteiger partial charge in [0.15, 0.2) is 0 Å². The van der Waals surface area contributed by atoms with Crippen molar-refractivity contribution in [3.05, 3.63) is 59.7 Å². The summed E-state index contributed by atoms with van der Waals surface area (Å²) in [6.45, 7) is 3.16. The Morgan fingerprint density at radius 3 is 2.48 bits per heavy atom. The second-order valence-electron chi connectivity index (χ2n) is 6.81. The van der Waals surface area contributed by atoms with Crippen molar-refractivity contribution in [1.82, 2.24) is 9.88 Å². The Hall–Kier alpha value is -2.20. The lowest BCUT2D eigenvalue weighted by Gasteiger charge is -2.26. The molecule has 1 aliphatic rings. The standard InChI is InChI=1S/C21H22F2N2/c22-16-13-18-17(9-12-25-10-5-2-6-11-25)20(15-7-3-1-4-8-15)24-21(18)19(23)14-16/h1,3-4,7-8,13-14,24H,2,5-6,9-12H2. The van der Waals surface area contributed by atoms with Crippen molar-refractivity contribution in [3.8, 4) is 11.3 Å². The van der Waals surface area contributed by atoms with Crippen LogP contribution < -0.4 is 0 Å². The summed E-state index contributed by atoms with van der Waals surface area (Å²) in [5, 5.41) is 0.661. The van der Waals surface area contributed by atoms with E-state index in [9.17, 15) is 8.78 Å². The van der Waals surface area contributed by atoms with E-state index in [2.05, 4.69) is 9.88 Å². The lowest BCUT2D eigenvalue weighted by Crippen LogP contribution is -2.31. The van der Waals surface area contributed by atoms with Crippen molar-refractivity contribution in [2.24, 2.45) is 0 Å². The van der Waals surface area contributed by atoms with Crippen molar-refractivity contribution < 1.29 is 8.78 Å². The molecule has 130 valence electrons. The summed E-state index contributed by atoms with van der Waals surface area (Å²) in [4.78, 5) is 5.65. The average molecular weight is 340 g/mol. The number of aromatic nitrogens is 1. The number of hydrogen-bond donors (Lipinski definition) is 1. The molecule has 1 fully saturated rings. The number of halogens is 2. The first kappa shape index (κ1) is 16.3. The van der Waals surface area contributed by atoms with Crippen LogP contribution in [0, 0.1) is 11.6 Å². The number of benzene rings is 2. The summed E-state index contributed by atoms with van der Waals surface area (Å²) in [7, 11) is 0. The fourth-order valence-corrected chi connectivity index (χ4v) is 3.84. The van der Waals surface area contributed by atoms with Gasteiger partial charge in [0, 0.05) is 23.7 Å².